The van der Waals surface area contributed by atoms with E-state index in [0.717, 1.165) is 22.5 Å². The van der Waals surface area contributed by atoms with Gasteiger partial charge >= 0.3 is 6.03 Å². The van der Waals surface area contributed by atoms with Crippen LogP contribution in [-0.4, -0.2) is 25.0 Å². The summed E-state index contributed by atoms with van der Waals surface area (Å²) < 4.78 is 0. The molecule has 3 amide bonds. The molecule has 1 aliphatic rings. The molecule has 0 saturated carbocycles. The lowest BCUT2D eigenvalue weighted by atomic mass is 10.1. The van der Waals surface area contributed by atoms with Crippen LogP contribution < -0.4 is 15.5 Å². The van der Waals surface area contributed by atoms with Crippen molar-refractivity contribution in [1.29, 1.82) is 0 Å². The quantitative estimate of drug-likeness (QED) is 0.888. The maximum absolute atomic E-state index is 12.6. The van der Waals surface area contributed by atoms with E-state index in [1.54, 1.807) is 4.90 Å². The van der Waals surface area contributed by atoms with Crippen LogP contribution in [0.1, 0.15) is 29.1 Å². The number of amides is 3. The second-order valence-electron chi connectivity index (χ2n) is 6.26. The molecule has 5 nitrogen and oxygen atoms in total. The molecule has 1 aliphatic heterocycles. The van der Waals surface area contributed by atoms with Gasteiger partial charge in [-0.25, -0.2) is 4.79 Å². The number of benzene rings is 1. The zero-order valence-electron chi connectivity index (χ0n) is 13.8. The van der Waals surface area contributed by atoms with Gasteiger partial charge in [0.15, 0.2) is 0 Å². The van der Waals surface area contributed by atoms with Crippen molar-refractivity contribution in [3.63, 3.8) is 0 Å². The monoisotopic (exact) mass is 343 g/mol. The van der Waals surface area contributed by atoms with Crippen LogP contribution in [0, 0.1) is 5.92 Å². The zero-order chi connectivity index (χ0) is 17.1. The number of carbonyl (C=O) groups excluding carboxylic acids is 2. The summed E-state index contributed by atoms with van der Waals surface area (Å²) in [5, 5.41) is 7.57. The van der Waals surface area contributed by atoms with Crippen LogP contribution in [0.15, 0.2) is 35.7 Å². The third kappa shape index (κ3) is 3.59. The summed E-state index contributed by atoms with van der Waals surface area (Å²) in [5.74, 6) is 0.417. The molecular weight excluding hydrogens is 322 g/mol. The van der Waals surface area contributed by atoms with Gasteiger partial charge in [0, 0.05) is 24.5 Å². The van der Waals surface area contributed by atoms with Crippen LogP contribution >= 0.6 is 11.3 Å². The van der Waals surface area contributed by atoms with E-state index in [-0.39, 0.29) is 11.9 Å². The number of hydrogen-bond acceptors (Lipinski definition) is 3. The van der Waals surface area contributed by atoms with Crippen molar-refractivity contribution in [3.8, 4) is 0 Å². The number of carbonyl (C=O) groups is 2. The zero-order valence-corrected chi connectivity index (χ0v) is 14.7. The molecule has 0 radical (unpaired) electrons. The normalized spacial score (nSPS) is 13.0. The Hall–Kier alpha value is -2.34. The Balaban J connectivity index is 1.74. The van der Waals surface area contributed by atoms with Crippen LogP contribution in [0.2, 0.25) is 0 Å². The molecule has 0 fully saturated rings. The molecule has 0 unspecified atom stereocenters. The molecule has 3 rings (SSSR count). The van der Waals surface area contributed by atoms with Gasteiger partial charge in [0.25, 0.3) is 5.91 Å². The lowest BCUT2D eigenvalue weighted by molar-refractivity contribution is 0.0993. The molecule has 1 aromatic heterocycles. The number of nitrogens with zero attached hydrogens (tertiary/aromatic N) is 1. The van der Waals surface area contributed by atoms with Gasteiger partial charge in [0.2, 0.25) is 0 Å². The summed E-state index contributed by atoms with van der Waals surface area (Å²) >= 11 is 1.45. The highest BCUT2D eigenvalue weighted by molar-refractivity contribution is 7.12. The minimum atomic E-state index is -0.224. The molecule has 0 saturated heterocycles. The lowest BCUT2D eigenvalue weighted by Crippen LogP contribution is -2.32. The van der Waals surface area contributed by atoms with E-state index >= 15 is 0 Å². The van der Waals surface area contributed by atoms with Gasteiger partial charge in [-0.15, -0.1) is 11.3 Å². The summed E-state index contributed by atoms with van der Waals surface area (Å²) in [6, 6.07) is 9.24. The third-order valence-corrected chi connectivity index (χ3v) is 4.74. The van der Waals surface area contributed by atoms with E-state index in [9.17, 15) is 9.59 Å². The number of hydrogen-bond donors (Lipinski definition) is 2. The highest BCUT2D eigenvalue weighted by Gasteiger charge is 2.26. The van der Waals surface area contributed by atoms with Crippen LogP contribution in [0.5, 0.6) is 0 Å². The van der Waals surface area contributed by atoms with Gasteiger partial charge in [-0.05, 0) is 41.5 Å². The molecule has 0 aliphatic carbocycles. The number of anilines is 2. The Bertz CT molecular complexity index is 741. The summed E-state index contributed by atoms with van der Waals surface area (Å²) in [7, 11) is 0. The van der Waals surface area contributed by atoms with E-state index in [2.05, 4.69) is 10.6 Å². The van der Waals surface area contributed by atoms with Gasteiger partial charge < -0.3 is 15.5 Å². The van der Waals surface area contributed by atoms with Gasteiger partial charge in [0.1, 0.15) is 0 Å². The van der Waals surface area contributed by atoms with Crippen molar-refractivity contribution in [2.24, 2.45) is 5.92 Å². The first-order chi connectivity index (χ1) is 11.5. The largest absolute Gasteiger partial charge is 0.338 e. The van der Waals surface area contributed by atoms with Crippen molar-refractivity contribution in [2.45, 2.75) is 20.3 Å². The predicted octanol–water partition coefficient (Wildman–Crippen LogP) is 3.73. The summed E-state index contributed by atoms with van der Waals surface area (Å²) in [4.78, 5) is 27.1. The van der Waals surface area contributed by atoms with E-state index in [1.807, 2.05) is 49.6 Å². The molecule has 6 heteroatoms. The van der Waals surface area contributed by atoms with Crippen molar-refractivity contribution in [1.82, 2.24) is 5.32 Å². The molecule has 0 bridgehead atoms. The summed E-state index contributed by atoms with van der Waals surface area (Å²) in [6.45, 7) is 5.39. The third-order valence-electron chi connectivity index (χ3n) is 3.89. The first-order valence-corrected chi connectivity index (χ1v) is 8.95. The second-order valence-corrected chi connectivity index (χ2v) is 7.20. The number of thiophene rings is 1. The number of rotatable bonds is 4. The molecule has 126 valence electrons. The Morgan fingerprint density at radius 3 is 2.83 bits per heavy atom. The average Bonchev–Trinajstić information content (AvgIpc) is 3.21. The fourth-order valence-electron chi connectivity index (χ4n) is 2.67. The second kappa shape index (κ2) is 7.05. The molecule has 24 heavy (non-hydrogen) atoms. The molecule has 0 spiro atoms. The standard InChI is InChI=1S/C18H21N3O2S/c1-12(2)11-19-18(23)20-14-6-5-13-7-8-21(15(13)10-14)17(22)16-4-3-9-24-16/h3-6,9-10,12H,7-8,11H2,1-2H3,(H2,19,20,23). The Kier molecular flexibility index (Phi) is 4.85. The Morgan fingerprint density at radius 1 is 1.29 bits per heavy atom. The number of nitrogens with one attached hydrogen (secondary N) is 2. The van der Waals surface area contributed by atoms with Crippen molar-refractivity contribution < 1.29 is 9.59 Å². The number of urea groups is 1. The minimum Gasteiger partial charge on any atom is -0.338 e. The topological polar surface area (TPSA) is 61.4 Å². The maximum atomic E-state index is 12.6. The first-order valence-electron chi connectivity index (χ1n) is 8.07. The fraction of sp³-hybridized carbons (Fsp3) is 0.333. The van der Waals surface area contributed by atoms with Gasteiger partial charge in [-0.2, -0.15) is 0 Å². The molecule has 2 aromatic rings. The van der Waals surface area contributed by atoms with Crippen molar-refractivity contribution in [3.05, 3.63) is 46.2 Å². The molecule has 1 aromatic carbocycles. The molecule has 2 N–H and O–H groups in total. The van der Waals surface area contributed by atoms with Crippen molar-refractivity contribution >= 4 is 34.6 Å². The summed E-state index contributed by atoms with van der Waals surface area (Å²) in [5.41, 5.74) is 2.71. The molecular formula is C18H21N3O2S. The van der Waals surface area contributed by atoms with Crippen LogP contribution in [0.4, 0.5) is 16.2 Å². The number of fused-ring (bicyclic) bond motifs is 1. The van der Waals surface area contributed by atoms with Crippen LogP contribution in [0.25, 0.3) is 0 Å². The first kappa shape index (κ1) is 16.5. The lowest BCUT2D eigenvalue weighted by Gasteiger charge is -2.17. The van der Waals surface area contributed by atoms with Crippen LogP contribution in [0.3, 0.4) is 0 Å². The highest BCUT2D eigenvalue weighted by atomic mass is 32.1. The smallest absolute Gasteiger partial charge is 0.319 e. The van der Waals surface area contributed by atoms with Gasteiger partial charge in [-0.1, -0.05) is 26.0 Å². The van der Waals surface area contributed by atoms with Gasteiger partial charge in [-0.3, -0.25) is 4.79 Å². The molecule has 0 atom stereocenters. The SMILES string of the molecule is CC(C)CNC(=O)Nc1ccc2c(c1)N(C(=O)c1cccs1)CC2. The van der Waals surface area contributed by atoms with E-state index in [4.69, 9.17) is 0 Å². The minimum absolute atomic E-state index is 0.0187. The predicted molar refractivity (Wildman–Crippen MR) is 98.0 cm³/mol. The van der Waals surface area contributed by atoms with Gasteiger partial charge in [0.05, 0.1) is 4.88 Å². The highest BCUT2D eigenvalue weighted by Crippen LogP contribution is 2.32. The Labute approximate surface area is 145 Å². The van der Waals surface area contributed by atoms with E-state index in [0.29, 0.717) is 24.7 Å². The fourth-order valence-corrected chi connectivity index (χ4v) is 3.35. The average molecular weight is 343 g/mol. The molecule has 2 heterocycles. The summed E-state index contributed by atoms with van der Waals surface area (Å²) in [6.07, 6.45) is 0.840. The van der Waals surface area contributed by atoms with E-state index in [1.165, 1.54) is 11.3 Å². The van der Waals surface area contributed by atoms with E-state index < -0.39 is 0 Å². The van der Waals surface area contributed by atoms with Crippen LogP contribution in [-0.2, 0) is 6.42 Å². The maximum Gasteiger partial charge on any atom is 0.319 e. The Morgan fingerprint density at radius 2 is 2.12 bits per heavy atom. The van der Waals surface area contributed by atoms with Crippen molar-refractivity contribution in [2.75, 3.05) is 23.3 Å².